The van der Waals surface area contributed by atoms with Gasteiger partial charge in [0.1, 0.15) is 0 Å². The van der Waals surface area contributed by atoms with Crippen molar-refractivity contribution < 1.29 is 9.59 Å². The van der Waals surface area contributed by atoms with Gasteiger partial charge in [-0.2, -0.15) is 0 Å². The van der Waals surface area contributed by atoms with Crippen molar-refractivity contribution in [3.63, 3.8) is 0 Å². The van der Waals surface area contributed by atoms with Gasteiger partial charge in [0, 0.05) is 31.6 Å². The molecular weight excluding hydrogens is 302 g/mol. The predicted octanol–water partition coefficient (Wildman–Crippen LogP) is 2.02. The highest BCUT2D eigenvalue weighted by Gasteiger charge is 2.29. The van der Waals surface area contributed by atoms with Crippen LogP contribution in [0, 0.1) is 0 Å². The van der Waals surface area contributed by atoms with E-state index in [1.54, 1.807) is 4.90 Å². The van der Waals surface area contributed by atoms with Gasteiger partial charge in [0.2, 0.25) is 5.91 Å². The summed E-state index contributed by atoms with van der Waals surface area (Å²) in [5.41, 5.74) is 1.92. The first-order chi connectivity index (χ1) is 11.7. The van der Waals surface area contributed by atoms with Crippen molar-refractivity contribution in [2.24, 2.45) is 0 Å². The number of amides is 2. The first kappa shape index (κ1) is 17.0. The third kappa shape index (κ3) is 4.15. The third-order valence-electron chi connectivity index (χ3n) is 5.00. The molecule has 2 heterocycles. The van der Waals surface area contributed by atoms with Crippen LogP contribution in [0.15, 0.2) is 24.3 Å². The molecule has 0 saturated carbocycles. The van der Waals surface area contributed by atoms with E-state index in [4.69, 9.17) is 0 Å². The zero-order valence-corrected chi connectivity index (χ0v) is 14.5. The van der Waals surface area contributed by atoms with Crippen LogP contribution in [-0.2, 0) is 11.3 Å². The summed E-state index contributed by atoms with van der Waals surface area (Å²) in [5, 5.41) is 2.98. The monoisotopic (exact) mass is 329 g/mol. The Balaban J connectivity index is 1.53. The van der Waals surface area contributed by atoms with Gasteiger partial charge in [-0.3, -0.25) is 14.5 Å². The lowest BCUT2D eigenvalue weighted by Crippen LogP contribution is -2.37. The number of nitrogens with one attached hydrogen (secondary N) is 1. The largest absolute Gasteiger partial charge is 0.347 e. The maximum Gasteiger partial charge on any atom is 0.251 e. The smallest absolute Gasteiger partial charge is 0.251 e. The Bertz CT molecular complexity index is 579. The summed E-state index contributed by atoms with van der Waals surface area (Å²) in [4.78, 5) is 28.3. The molecule has 5 nitrogen and oxygen atoms in total. The number of hydrogen-bond donors (Lipinski definition) is 1. The van der Waals surface area contributed by atoms with E-state index < -0.39 is 0 Å². The number of likely N-dealkylation sites (tertiary alicyclic amines) is 2. The van der Waals surface area contributed by atoms with Crippen molar-refractivity contribution in [3.05, 3.63) is 35.4 Å². The minimum atomic E-state index is -0.0877. The fourth-order valence-electron chi connectivity index (χ4n) is 3.58. The molecule has 2 aliphatic rings. The van der Waals surface area contributed by atoms with Crippen LogP contribution in [-0.4, -0.2) is 53.8 Å². The lowest BCUT2D eigenvalue weighted by atomic mass is 10.1. The van der Waals surface area contributed by atoms with Crippen molar-refractivity contribution in [1.82, 2.24) is 15.1 Å². The summed E-state index contributed by atoms with van der Waals surface area (Å²) in [6.45, 7) is 6.59. The van der Waals surface area contributed by atoms with E-state index in [0.717, 1.165) is 6.54 Å². The Kier molecular flexibility index (Phi) is 5.51. The Morgan fingerprint density at radius 2 is 1.88 bits per heavy atom. The van der Waals surface area contributed by atoms with Crippen molar-refractivity contribution in [2.45, 2.75) is 45.2 Å². The van der Waals surface area contributed by atoms with Crippen LogP contribution in [0.1, 0.15) is 48.5 Å². The Morgan fingerprint density at radius 1 is 1.17 bits per heavy atom. The first-order valence-corrected chi connectivity index (χ1v) is 9.05. The average Bonchev–Trinajstić information content (AvgIpc) is 2.96. The molecule has 0 radical (unpaired) electrons. The summed E-state index contributed by atoms with van der Waals surface area (Å²) < 4.78 is 0. The molecule has 1 atom stereocenters. The van der Waals surface area contributed by atoms with E-state index in [0.29, 0.717) is 25.1 Å². The molecule has 0 aromatic heterocycles. The van der Waals surface area contributed by atoms with Gasteiger partial charge in [-0.15, -0.1) is 0 Å². The second-order valence-electron chi connectivity index (χ2n) is 6.84. The molecule has 24 heavy (non-hydrogen) atoms. The molecule has 0 spiro atoms. The number of carbonyl (C=O) groups is 2. The molecule has 0 bridgehead atoms. The lowest BCUT2D eigenvalue weighted by molar-refractivity contribution is -0.127. The van der Waals surface area contributed by atoms with E-state index in [-0.39, 0.29) is 17.9 Å². The van der Waals surface area contributed by atoms with Gasteiger partial charge in [0.25, 0.3) is 5.91 Å². The summed E-state index contributed by atoms with van der Waals surface area (Å²) in [6, 6.07) is 7.80. The molecule has 0 aliphatic carbocycles. The molecule has 2 fully saturated rings. The molecule has 2 aliphatic heterocycles. The number of nitrogens with zero attached hydrogens (tertiary/aromatic N) is 2. The molecule has 3 rings (SSSR count). The summed E-state index contributed by atoms with van der Waals surface area (Å²) in [5.74, 6) is 0.0370. The highest BCUT2D eigenvalue weighted by atomic mass is 16.2. The third-order valence-corrected chi connectivity index (χ3v) is 5.00. The Hall–Kier alpha value is -1.88. The van der Waals surface area contributed by atoms with Gasteiger partial charge in [-0.05, 0) is 50.6 Å². The molecule has 1 unspecified atom stereocenters. The second kappa shape index (κ2) is 7.79. The predicted molar refractivity (Wildman–Crippen MR) is 93.7 cm³/mol. The first-order valence-electron chi connectivity index (χ1n) is 9.05. The standard InChI is InChI=1S/C19H27N3O2/c1-2-22-14-17(12-18(22)23)20-19(24)16-8-6-15(7-9-16)13-21-10-4-3-5-11-21/h6-9,17H,2-5,10-14H2,1H3,(H,20,24). The lowest BCUT2D eigenvalue weighted by Gasteiger charge is -2.26. The summed E-state index contributed by atoms with van der Waals surface area (Å²) >= 11 is 0. The van der Waals surface area contributed by atoms with Crippen LogP contribution in [0.2, 0.25) is 0 Å². The number of benzene rings is 1. The zero-order chi connectivity index (χ0) is 16.9. The molecule has 130 valence electrons. The van der Waals surface area contributed by atoms with E-state index in [9.17, 15) is 9.59 Å². The molecule has 1 aromatic carbocycles. The van der Waals surface area contributed by atoms with Gasteiger partial charge in [-0.1, -0.05) is 18.6 Å². The van der Waals surface area contributed by atoms with Crippen molar-refractivity contribution in [1.29, 1.82) is 0 Å². The van der Waals surface area contributed by atoms with Crippen molar-refractivity contribution in [2.75, 3.05) is 26.2 Å². The summed E-state index contributed by atoms with van der Waals surface area (Å²) in [7, 11) is 0. The quantitative estimate of drug-likeness (QED) is 0.899. The second-order valence-corrected chi connectivity index (χ2v) is 6.84. The van der Waals surface area contributed by atoms with Gasteiger partial charge >= 0.3 is 0 Å². The van der Waals surface area contributed by atoms with Gasteiger partial charge in [0.05, 0.1) is 6.04 Å². The number of likely N-dealkylation sites (N-methyl/N-ethyl adjacent to an activating group) is 1. The SMILES string of the molecule is CCN1CC(NC(=O)c2ccc(CN3CCCCC3)cc2)CC1=O. The maximum absolute atomic E-state index is 12.4. The average molecular weight is 329 g/mol. The van der Waals surface area contributed by atoms with Gasteiger partial charge in [-0.25, -0.2) is 0 Å². The number of carbonyl (C=O) groups excluding carboxylic acids is 2. The van der Waals surface area contributed by atoms with Crippen LogP contribution < -0.4 is 5.32 Å². The normalized spacial score (nSPS) is 22.0. The molecule has 5 heteroatoms. The molecule has 1 N–H and O–H groups in total. The fourth-order valence-corrected chi connectivity index (χ4v) is 3.58. The molecular formula is C19H27N3O2. The highest BCUT2D eigenvalue weighted by Crippen LogP contribution is 2.15. The maximum atomic E-state index is 12.4. The zero-order valence-electron chi connectivity index (χ0n) is 14.5. The summed E-state index contributed by atoms with van der Waals surface area (Å²) in [6.07, 6.45) is 4.33. The molecule has 2 amide bonds. The van der Waals surface area contributed by atoms with Crippen LogP contribution in [0.3, 0.4) is 0 Å². The van der Waals surface area contributed by atoms with E-state index in [1.165, 1.54) is 37.9 Å². The minimum absolute atomic E-state index is 0.0713. The Morgan fingerprint density at radius 3 is 2.50 bits per heavy atom. The fraction of sp³-hybridized carbons (Fsp3) is 0.579. The number of rotatable bonds is 5. The number of piperidine rings is 1. The minimum Gasteiger partial charge on any atom is -0.347 e. The highest BCUT2D eigenvalue weighted by molar-refractivity contribution is 5.95. The number of hydrogen-bond acceptors (Lipinski definition) is 3. The van der Waals surface area contributed by atoms with Crippen molar-refractivity contribution in [3.8, 4) is 0 Å². The topological polar surface area (TPSA) is 52.7 Å². The van der Waals surface area contributed by atoms with Gasteiger partial charge in [0.15, 0.2) is 0 Å². The van der Waals surface area contributed by atoms with Crippen LogP contribution in [0.4, 0.5) is 0 Å². The van der Waals surface area contributed by atoms with Gasteiger partial charge < -0.3 is 10.2 Å². The van der Waals surface area contributed by atoms with Crippen LogP contribution in [0.25, 0.3) is 0 Å². The van der Waals surface area contributed by atoms with E-state index in [2.05, 4.69) is 10.2 Å². The Labute approximate surface area is 144 Å². The molecule has 1 aromatic rings. The molecule has 2 saturated heterocycles. The van der Waals surface area contributed by atoms with Crippen LogP contribution in [0.5, 0.6) is 0 Å². The van der Waals surface area contributed by atoms with E-state index >= 15 is 0 Å². The van der Waals surface area contributed by atoms with E-state index in [1.807, 2.05) is 31.2 Å². The van der Waals surface area contributed by atoms with Crippen LogP contribution >= 0.6 is 0 Å². The van der Waals surface area contributed by atoms with Crippen molar-refractivity contribution >= 4 is 11.8 Å².